The number of thiophene rings is 1. The van der Waals surface area contributed by atoms with Crippen LogP contribution in [0, 0.1) is 0 Å². The zero-order valence-electron chi connectivity index (χ0n) is 19.2. The quantitative estimate of drug-likeness (QED) is 0.141. The molecule has 0 bridgehead atoms. The van der Waals surface area contributed by atoms with E-state index >= 15 is 0 Å². The topological polar surface area (TPSA) is 81.1 Å². The molecular weight excluding hydrogens is 537 g/mol. The average Bonchev–Trinajstić information content (AvgIpc) is 3.35. The summed E-state index contributed by atoms with van der Waals surface area (Å²) in [5.74, 6) is -0.129. The Balaban J connectivity index is 1.38. The molecule has 0 aliphatic carbocycles. The lowest BCUT2D eigenvalue weighted by Gasteiger charge is -2.12. The molecule has 1 N–H and O–H groups in total. The van der Waals surface area contributed by atoms with Gasteiger partial charge in [0.15, 0.2) is 10.9 Å². The van der Waals surface area contributed by atoms with Gasteiger partial charge in [-0.2, -0.15) is 0 Å². The Kier molecular flexibility index (Phi) is 9.20. The number of carbonyl (C=O) groups is 2. The first-order valence-electron chi connectivity index (χ1n) is 11.3. The van der Waals surface area contributed by atoms with E-state index in [1.165, 1.54) is 29.2 Å². The van der Waals surface area contributed by atoms with Crippen molar-refractivity contribution in [3.05, 3.63) is 91.5 Å². The highest BCUT2D eigenvalue weighted by molar-refractivity contribution is 7.99. The number of nitrogens with zero attached hydrogens (tertiary/aromatic N) is 2. The molecule has 186 valence electrons. The van der Waals surface area contributed by atoms with E-state index in [-0.39, 0.29) is 29.4 Å². The van der Waals surface area contributed by atoms with Gasteiger partial charge in [-0.15, -0.1) is 11.3 Å². The van der Waals surface area contributed by atoms with Crippen LogP contribution >= 0.6 is 46.3 Å². The predicted octanol–water partition coefficient (Wildman–Crippen LogP) is 5.88. The second-order valence-corrected chi connectivity index (χ2v) is 10.7. The van der Waals surface area contributed by atoms with Crippen LogP contribution < -0.4 is 10.9 Å². The Bertz CT molecular complexity index is 1440. The minimum atomic E-state index is -0.163. The lowest BCUT2D eigenvalue weighted by molar-refractivity contribution is -0.121. The van der Waals surface area contributed by atoms with Crippen molar-refractivity contribution in [2.24, 2.45) is 0 Å². The van der Waals surface area contributed by atoms with Crippen molar-refractivity contribution in [1.29, 1.82) is 0 Å². The Hall–Kier alpha value is -2.65. The molecule has 0 fully saturated rings. The molecule has 0 aliphatic rings. The van der Waals surface area contributed by atoms with Gasteiger partial charge in [-0.05, 0) is 48.1 Å². The van der Waals surface area contributed by atoms with Crippen molar-refractivity contribution >= 4 is 68.2 Å². The van der Waals surface area contributed by atoms with Crippen LogP contribution in [0.15, 0.2) is 69.9 Å². The van der Waals surface area contributed by atoms with Crippen LogP contribution in [0.5, 0.6) is 0 Å². The van der Waals surface area contributed by atoms with Gasteiger partial charge in [-0.3, -0.25) is 19.0 Å². The number of ketones is 1. The third kappa shape index (κ3) is 6.76. The van der Waals surface area contributed by atoms with E-state index in [1.807, 2.05) is 35.7 Å². The summed E-state index contributed by atoms with van der Waals surface area (Å²) in [7, 11) is 0. The van der Waals surface area contributed by atoms with E-state index in [9.17, 15) is 14.4 Å². The molecule has 0 saturated heterocycles. The number of carbonyl (C=O) groups excluding carboxylic acids is 2. The molecule has 2 heterocycles. The fraction of sp³-hybridized carbons (Fsp3) is 0.231. The fourth-order valence-corrected chi connectivity index (χ4v) is 5.59. The molecule has 0 spiro atoms. The number of nitrogens with one attached hydrogen (secondary N) is 1. The van der Waals surface area contributed by atoms with Crippen LogP contribution in [-0.4, -0.2) is 33.5 Å². The average molecular weight is 561 g/mol. The monoisotopic (exact) mass is 559 g/mol. The third-order valence-electron chi connectivity index (χ3n) is 5.47. The van der Waals surface area contributed by atoms with Gasteiger partial charge in [0, 0.05) is 25.1 Å². The molecule has 1 amide bonds. The number of fused-ring (bicyclic) bond motifs is 1. The molecule has 2 aromatic heterocycles. The predicted molar refractivity (Wildman–Crippen MR) is 148 cm³/mol. The van der Waals surface area contributed by atoms with Gasteiger partial charge in [0.1, 0.15) is 4.70 Å². The van der Waals surface area contributed by atoms with Crippen molar-refractivity contribution in [3.63, 3.8) is 0 Å². The third-order valence-corrected chi connectivity index (χ3v) is 8.08. The molecule has 0 radical (unpaired) electrons. The second-order valence-electron chi connectivity index (χ2n) is 8.02. The number of halogens is 2. The summed E-state index contributed by atoms with van der Waals surface area (Å²) in [6.07, 6.45) is 1.53. The van der Waals surface area contributed by atoms with Crippen molar-refractivity contribution in [1.82, 2.24) is 14.9 Å². The summed E-state index contributed by atoms with van der Waals surface area (Å²) >= 11 is 14.5. The minimum absolute atomic E-state index is 0.0619. The summed E-state index contributed by atoms with van der Waals surface area (Å²) in [6.45, 7) is 0.887. The summed E-state index contributed by atoms with van der Waals surface area (Å²) in [5, 5.41) is 5.88. The van der Waals surface area contributed by atoms with Crippen LogP contribution in [0.1, 0.15) is 28.8 Å². The van der Waals surface area contributed by atoms with Crippen molar-refractivity contribution in [2.75, 3.05) is 12.3 Å². The molecule has 0 atom stereocenters. The summed E-state index contributed by atoms with van der Waals surface area (Å²) < 4.78 is 2.12. The van der Waals surface area contributed by atoms with Gasteiger partial charge in [0.25, 0.3) is 5.56 Å². The largest absolute Gasteiger partial charge is 0.356 e. The molecule has 2 aromatic carbocycles. The molecule has 10 heteroatoms. The Labute approximate surface area is 226 Å². The Morgan fingerprint density at radius 3 is 2.64 bits per heavy atom. The maximum absolute atomic E-state index is 13.1. The van der Waals surface area contributed by atoms with E-state index < -0.39 is 0 Å². The van der Waals surface area contributed by atoms with E-state index in [0.717, 1.165) is 12.0 Å². The maximum Gasteiger partial charge on any atom is 0.272 e. The zero-order chi connectivity index (χ0) is 25.5. The Morgan fingerprint density at radius 2 is 1.86 bits per heavy atom. The van der Waals surface area contributed by atoms with E-state index in [4.69, 9.17) is 23.2 Å². The van der Waals surface area contributed by atoms with Crippen molar-refractivity contribution in [3.8, 4) is 0 Å². The maximum atomic E-state index is 13.1. The molecule has 6 nitrogen and oxygen atoms in total. The van der Waals surface area contributed by atoms with Crippen LogP contribution in [0.3, 0.4) is 0 Å². The van der Waals surface area contributed by atoms with Crippen LogP contribution in [0.25, 0.3) is 10.2 Å². The smallest absolute Gasteiger partial charge is 0.272 e. The molecule has 4 aromatic rings. The van der Waals surface area contributed by atoms with Crippen LogP contribution in [-0.2, 0) is 17.8 Å². The number of hydrogen-bond donors (Lipinski definition) is 1. The minimum Gasteiger partial charge on any atom is -0.356 e. The van der Waals surface area contributed by atoms with Gasteiger partial charge in [0.05, 0.1) is 21.3 Å². The van der Waals surface area contributed by atoms with Gasteiger partial charge in [-0.25, -0.2) is 4.98 Å². The molecule has 4 rings (SSSR count). The first-order valence-corrected chi connectivity index (χ1v) is 13.9. The lowest BCUT2D eigenvalue weighted by atomic mass is 10.1. The number of thioether (sulfide) groups is 1. The summed E-state index contributed by atoms with van der Waals surface area (Å²) in [4.78, 5) is 42.7. The molecule has 0 aliphatic heterocycles. The highest BCUT2D eigenvalue weighted by Crippen LogP contribution is 2.25. The molecule has 0 saturated carbocycles. The number of amides is 1. The fourth-order valence-electron chi connectivity index (χ4n) is 3.59. The number of Topliss-reactive ketones (excluding diaryl/α,β-unsaturated/α-hetero) is 1. The summed E-state index contributed by atoms with van der Waals surface area (Å²) in [6, 6.07) is 16.5. The first-order chi connectivity index (χ1) is 17.4. The number of benzene rings is 2. The van der Waals surface area contributed by atoms with E-state index in [0.29, 0.717) is 50.5 Å². The highest BCUT2D eigenvalue weighted by Gasteiger charge is 2.16. The van der Waals surface area contributed by atoms with Crippen LogP contribution in [0.4, 0.5) is 0 Å². The van der Waals surface area contributed by atoms with Gasteiger partial charge in [-0.1, -0.05) is 65.3 Å². The summed E-state index contributed by atoms with van der Waals surface area (Å²) in [5.41, 5.74) is 2.04. The van der Waals surface area contributed by atoms with Gasteiger partial charge < -0.3 is 5.32 Å². The standard InChI is InChI=1S/C26H23Cl2N3O3S2/c27-19-9-8-18(15-20(19)28)22(32)16-36-26-30-21-11-14-35-24(21)25(34)31(26)13-4-7-23(33)29-12-10-17-5-2-1-3-6-17/h1-3,5-6,8-9,11,14-15H,4,7,10,12-13,16H2,(H,29,33). The van der Waals surface area contributed by atoms with Crippen molar-refractivity contribution in [2.45, 2.75) is 31.0 Å². The normalized spacial score (nSPS) is 11.1. The zero-order valence-corrected chi connectivity index (χ0v) is 22.4. The SMILES string of the molecule is O=C(CCCn1c(SCC(=O)c2ccc(Cl)c(Cl)c2)nc2ccsc2c1=O)NCCc1ccccc1. The number of rotatable bonds is 11. The van der Waals surface area contributed by atoms with E-state index in [2.05, 4.69) is 10.3 Å². The molecule has 0 unspecified atom stereocenters. The van der Waals surface area contributed by atoms with Crippen LogP contribution in [0.2, 0.25) is 10.0 Å². The number of hydrogen-bond acceptors (Lipinski definition) is 6. The van der Waals surface area contributed by atoms with E-state index in [1.54, 1.807) is 22.8 Å². The second kappa shape index (κ2) is 12.5. The van der Waals surface area contributed by atoms with Gasteiger partial charge in [0.2, 0.25) is 5.91 Å². The molecular formula is C26H23Cl2N3O3S2. The van der Waals surface area contributed by atoms with Gasteiger partial charge >= 0.3 is 0 Å². The highest BCUT2D eigenvalue weighted by atomic mass is 35.5. The number of aromatic nitrogens is 2. The Morgan fingerprint density at radius 1 is 1.06 bits per heavy atom. The molecule has 36 heavy (non-hydrogen) atoms. The van der Waals surface area contributed by atoms with Crippen molar-refractivity contribution < 1.29 is 9.59 Å². The lowest BCUT2D eigenvalue weighted by Crippen LogP contribution is -2.27. The first kappa shape index (κ1) is 26.4.